The number of amides is 2. The molecule has 0 radical (unpaired) electrons. The van der Waals surface area contributed by atoms with E-state index in [1.165, 1.54) is 12.5 Å². The van der Waals surface area contributed by atoms with E-state index in [1.54, 1.807) is 30.3 Å². The Hall–Kier alpha value is -3.73. The first kappa shape index (κ1) is 29.3. The molecule has 11 heteroatoms. The monoisotopic (exact) mass is 573 g/mol. The molecule has 0 spiro atoms. The molecule has 1 aromatic heterocycles. The van der Waals surface area contributed by atoms with Crippen LogP contribution in [-0.4, -0.2) is 35.9 Å². The Balaban J connectivity index is 1.26. The Morgan fingerprint density at radius 3 is 2.30 bits per heavy atom. The van der Waals surface area contributed by atoms with Crippen molar-refractivity contribution in [1.82, 2.24) is 10.3 Å². The van der Waals surface area contributed by atoms with E-state index in [0.717, 1.165) is 25.7 Å². The molecule has 2 aromatic carbocycles. The number of hydrogen-bond donors (Lipinski definition) is 2. The molecule has 212 valence electrons. The molecule has 1 fully saturated rings. The first-order valence-corrected chi connectivity index (χ1v) is 13.9. The number of halogens is 3. The molecule has 2 amide bonds. The summed E-state index contributed by atoms with van der Waals surface area (Å²) in [5, 5.41) is 5.25. The van der Waals surface area contributed by atoms with E-state index in [9.17, 15) is 27.6 Å². The second-order valence-electron chi connectivity index (χ2n) is 9.76. The lowest BCUT2D eigenvalue weighted by atomic mass is 9.79. The van der Waals surface area contributed by atoms with Crippen molar-refractivity contribution in [3.05, 3.63) is 70.7 Å². The lowest BCUT2D eigenvalue weighted by Crippen LogP contribution is -2.28. The lowest BCUT2D eigenvalue weighted by Gasteiger charge is -2.28. The maximum Gasteiger partial charge on any atom is 0.435 e. The molecule has 7 nitrogen and oxygen atoms in total. The van der Waals surface area contributed by atoms with Crippen LogP contribution in [0.25, 0.3) is 10.6 Å². The topological polar surface area (TPSA) is 97.4 Å². The number of ether oxygens (including phenoxy) is 1. The molecule has 0 aliphatic heterocycles. The first-order chi connectivity index (χ1) is 19.1. The summed E-state index contributed by atoms with van der Waals surface area (Å²) in [6.07, 6.45) is -0.919. The molecule has 1 saturated carbocycles. The molecule has 40 heavy (non-hydrogen) atoms. The number of aromatic nitrogens is 1. The maximum atomic E-state index is 13.5. The van der Waals surface area contributed by atoms with Crippen molar-refractivity contribution >= 4 is 34.8 Å². The highest BCUT2D eigenvalue weighted by Gasteiger charge is 2.39. The highest BCUT2D eigenvalue weighted by molar-refractivity contribution is 7.17. The van der Waals surface area contributed by atoms with E-state index in [0.29, 0.717) is 41.0 Å². The van der Waals surface area contributed by atoms with Crippen LogP contribution in [0.2, 0.25) is 0 Å². The van der Waals surface area contributed by atoms with Crippen LogP contribution in [0, 0.1) is 5.92 Å². The Labute approximate surface area is 234 Å². The SMILES string of the molecule is CC(=O)OCC1CCC(c2ccc(NC(=O)CCNC(=O)c3sc(-c4ccccc4)nc3C(F)(F)F)cc2)CC1. The minimum atomic E-state index is -4.79. The van der Waals surface area contributed by atoms with Gasteiger partial charge in [-0.15, -0.1) is 11.3 Å². The van der Waals surface area contributed by atoms with Gasteiger partial charge in [0.05, 0.1) is 6.61 Å². The third kappa shape index (κ3) is 7.91. The van der Waals surface area contributed by atoms with Gasteiger partial charge in [-0.1, -0.05) is 42.5 Å². The van der Waals surface area contributed by atoms with Crippen LogP contribution in [-0.2, 0) is 20.5 Å². The van der Waals surface area contributed by atoms with E-state index in [4.69, 9.17) is 4.74 Å². The van der Waals surface area contributed by atoms with E-state index in [1.807, 2.05) is 24.3 Å². The van der Waals surface area contributed by atoms with Gasteiger partial charge < -0.3 is 15.4 Å². The second-order valence-corrected chi connectivity index (χ2v) is 10.8. The molecule has 0 unspecified atom stereocenters. The summed E-state index contributed by atoms with van der Waals surface area (Å²) in [6, 6.07) is 15.9. The number of hydrogen-bond acceptors (Lipinski definition) is 6. The first-order valence-electron chi connectivity index (χ1n) is 13.0. The summed E-state index contributed by atoms with van der Waals surface area (Å²) in [7, 11) is 0. The molecule has 0 atom stereocenters. The summed E-state index contributed by atoms with van der Waals surface area (Å²) in [4.78, 5) is 39.1. The van der Waals surface area contributed by atoms with Crippen LogP contribution >= 0.6 is 11.3 Å². The van der Waals surface area contributed by atoms with Gasteiger partial charge in [-0.3, -0.25) is 14.4 Å². The fourth-order valence-corrected chi connectivity index (χ4v) is 5.71. The highest BCUT2D eigenvalue weighted by Crippen LogP contribution is 2.38. The zero-order valence-electron chi connectivity index (χ0n) is 21.9. The van der Waals surface area contributed by atoms with E-state index in [-0.39, 0.29) is 29.8 Å². The molecule has 4 rings (SSSR count). The highest BCUT2D eigenvalue weighted by atomic mass is 32.1. The van der Waals surface area contributed by atoms with Gasteiger partial charge in [0, 0.05) is 31.1 Å². The van der Waals surface area contributed by atoms with Crippen molar-refractivity contribution in [1.29, 1.82) is 0 Å². The predicted octanol–water partition coefficient (Wildman–Crippen LogP) is 6.42. The Morgan fingerprint density at radius 2 is 1.68 bits per heavy atom. The maximum absolute atomic E-state index is 13.5. The third-order valence-electron chi connectivity index (χ3n) is 6.80. The molecule has 1 heterocycles. The summed E-state index contributed by atoms with van der Waals surface area (Å²) in [6.45, 7) is 1.75. The Morgan fingerprint density at radius 1 is 1.00 bits per heavy atom. The van der Waals surface area contributed by atoms with Gasteiger partial charge in [0.15, 0.2) is 5.69 Å². The van der Waals surface area contributed by atoms with Gasteiger partial charge in [0.2, 0.25) is 5.91 Å². The number of benzene rings is 2. The van der Waals surface area contributed by atoms with Crippen LogP contribution < -0.4 is 10.6 Å². The molecule has 0 bridgehead atoms. The Bertz CT molecular complexity index is 1320. The minimum Gasteiger partial charge on any atom is -0.466 e. The number of thiazole rings is 1. The molecular weight excluding hydrogens is 543 g/mol. The number of carbonyl (C=O) groups is 3. The van der Waals surface area contributed by atoms with Gasteiger partial charge in [0.25, 0.3) is 5.91 Å². The average Bonchev–Trinajstić information content (AvgIpc) is 3.40. The van der Waals surface area contributed by atoms with Crippen LogP contribution in [0.4, 0.5) is 18.9 Å². The summed E-state index contributed by atoms with van der Waals surface area (Å²) in [5.74, 6) is -0.753. The van der Waals surface area contributed by atoms with E-state index >= 15 is 0 Å². The van der Waals surface area contributed by atoms with Crippen molar-refractivity contribution in [2.75, 3.05) is 18.5 Å². The van der Waals surface area contributed by atoms with Crippen molar-refractivity contribution < 1.29 is 32.3 Å². The number of rotatable bonds is 9. The third-order valence-corrected chi connectivity index (χ3v) is 7.90. The van der Waals surface area contributed by atoms with Gasteiger partial charge in [-0.25, -0.2) is 4.98 Å². The smallest absolute Gasteiger partial charge is 0.435 e. The van der Waals surface area contributed by atoms with Crippen LogP contribution in [0.3, 0.4) is 0 Å². The lowest BCUT2D eigenvalue weighted by molar-refractivity contribution is -0.143. The fourth-order valence-electron chi connectivity index (χ4n) is 4.70. The summed E-state index contributed by atoms with van der Waals surface area (Å²) >= 11 is 0.662. The predicted molar refractivity (Wildman–Crippen MR) is 146 cm³/mol. The molecular formula is C29H30F3N3O4S. The molecule has 1 aliphatic carbocycles. The number of anilines is 1. The van der Waals surface area contributed by atoms with Gasteiger partial charge in [0.1, 0.15) is 9.88 Å². The van der Waals surface area contributed by atoms with Crippen LogP contribution in [0.5, 0.6) is 0 Å². The van der Waals surface area contributed by atoms with Gasteiger partial charge in [-0.2, -0.15) is 13.2 Å². The van der Waals surface area contributed by atoms with Crippen molar-refractivity contribution in [2.24, 2.45) is 5.92 Å². The summed E-state index contributed by atoms with van der Waals surface area (Å²) in [5.41, 5.74) is 1.01. The fraction of sp³-hybridized carbons (Fsp3) is 0.379. The standard InChI is InChI=1S/C29H30F3N3O4S/c1-18(36)39-17-19-7-9-20(10-8-19)21-11-13-23(14-12-21)34-24(37)15-16-33-27(38)25-26(29(30,31)32)35-28(40-25)22-5-3-2-4-6-22/h2-6,11-14,19-20H,7-10,15-17H2,1H3,(H,33,38)(H,34,37). The Kier molecular flexibility index (Phi) is 9.57. The molecule has 1 aliphatic rings. The zero-order valence-corrected chi connectivity index (χ0v) is 22.7. The number of alkyl halides is 3. The molecule has 2 N–H and O–H groups in total. The van der Waals surface area contributed by atoms with Crippen molar-refractivity contribution in [3.63, 3.8) is 0 Å². The van der Waals surface area contributed by atoms with Gasteiger partial charge >= 0.3 is 12.1 Å². The molecule has 0 saturated heterocycles. The number of carbonyl (C=O) groups excluding carboxylic acids is 3. The second kappa shape index (κ2) is 13.1. The number of esters is 1. The quantitative estimate of drug-likeness (QED) is 0.288. The van der Waals surface area contributed by atoms with Crippen molar-refractivity contribution in [3.8, 4) is 10.6 Å². The van der Waals surface area contributed by atoms with Crippen molar-refractivity contribution in [2.45, 2.75) is 51.1 Å². The summed E-state index contributed by atoms with van der Waals surface area (Å²) < 4.78 is 45.7. The number of nitrogens with one attached hydrogen (secondary N) is 2. The average molecular weight is 574 g/mol. The minimum absolute atomic E-state index is 0.0920. The van der Waals surface area contributed by atoms with Gasteiger partial charge in [-0.05, 0) is 55.2 Å². The largest absolute Gasteiger partial charge is 0.466 e. The van der Waals surface area contributed by atoms with E-state index < -0.39 is 22.7 Å². The molecule has 3 aromatic rings. The van der Waals surface area contributed by atoms with Crippen LogP contribution in [0.1, 0.15) is 65.9 Å². The normalized spacial score (nSPS) is 17.2. The number of nitrogens with zero attached hydrogens (tertiary/aromatic N) is 1. The van der Waals surface area contributed by atoms with E-state index in [2.05, 4.69) is 15.6 Å². The zero-order chi connectivity index (χ0) is 28.7. The van der Waals surface area contributed by atoms with Crippen LogP contribution in [0.15, 0.2) is 54.6 Å².